The van der Waals surface area contributed by atoms with E-state index in [2.05, 4.69) is 15.3 Å². The first-order valence-corrected chi connectivity index (χ1v) is 9.29. The van der Waals surface area contributed by atoms with Gasteiger partial charge in [0.2, 0.25) is 5.95 Å². The molecule has 0 unspecified atom stereocenters. The Hall–Kier alpha value is -3.41. The van der Waals surface area contributed by atoms with Crippen LogP contribution in [0.15, 0.2) is 67.0 Å². The highest BCUT2D eigenvalue weighted by Crippen LogP contribution is 2.20. The monoisotopic (exact) mass is 376 g/mol. The van der Waals surface area contributed by atoms with E-state index in [1.54, 1.807) is 17.3 Å². The van der Waals surface area contributed by atoms with E-state index in [1.165, 1.54) is 0 Å². The summed E-state index contributed by atoms with van der Waals surface area (Å²) in [6, 6.07) is 17.1. The van der Waals surface area contributed by atoms with Gasteiger partial charge < -0.3 is 15.0 Å². The van der Waals surface area contributed by atoms with Gasteiger partial charge in [-0.2, -0.15) is 0 Å². The van der Waals surface area contributed by atoms with Gasteiger partial charge in [-0.1, -0.05) is 18.2 Å². The maximum atomic E-state index is 12.8. The van der Waals surface area contributed by atoms with Gasteiger partial charge in [0, 0.05) is 30.3 Å². The van der Waals surface area contributed by atoms with Crippen LogP contribution in [0.4, 0.5) is 17.3 Å². The zero-order chi connectivity index (χ0) is 19.9. The molecule has 1 heterocycles. The molecule has 0 saturated heterocycles. The summed E-state index contributed by atoms with van der Waals surface area (Å²) in [6.07, 6.45) is 3.21. The standard InChI is InChI=1S/C22H24N4O2/c1-4-26(19-8-6-5-7-9-19)21(27)17-14-23-22(24-15-17)25-18-10-12-20(13-11-18)28-16(2)3/h5-16H,4H2,1-3H3,(H,23,24,25). The first kappa shape index (κ1) is 19.4. The molecule has 3 rings (SSSR count). The minimum absolute atomic E-state index is 0.129. The molecule has 0 spiro atoms. The summed E-state index contributed by atoms with van der Waals surface area (Å²) >= 11 is 0. The third-order valence-corrected chi connectivity index (χ3v) is 4.01. The maximum Gasteiger partial charge on any atom is 0.261 e. The van der Waals surface area contributed by atoms with Crippen LogP contribution in [0.1, 0.15) is 31.1 Å². The number of hydrogen-bond donors (Lipinski definition) is 1. The fraction of sp³-hybridized carbons (Fsp3) is 0.227. The number of para-hydroxylation sites is 1. The number of amides is 1. The number of carbonyl (C=O) groups is 1. The van der Waals surface area contributed by atoms with Crippen LogP contribution in [0.25, 0.3) is 0 Å². The number of carbonyl (C=O) groups excluding carboxylic acids is 1. The third kappa shape index (κ3) is 4.85. The molecule has 1 N–H and O–H groups in total. The number of nitrogens with zero attached hydrogens (tertiary/aromatic N) is 3. The van der Waals surface area contributed by atoms with Gasteiger partial charge in [-0.05, 0) is 57.2 Å². The highest BCUT2D eigenvalue weighted by atomic mass is 16.5. The molecule has 0 aliphatic heterocycles. The molecule has 0 aliphatic rings. The Morgan fingerprint density at radius 2 is 1.68 bits per heavy atom. The van der Waals surface area contributed by atoms with Crippen LogP contribution < -0.4 is 15.0 Å². The zero-order valence-corrected chi connectivity index (χ0v) is 16.3. The maximum absolute atomic E-state index is 12.8. The van der Waals surface area contributed by atoms with Gasteiger partial charge in [-0.25, -0.2) is 9.97 Å². The summed E-state index contributed by atoms with van der Waals surface area (Å²) < 4.78 is 5.63. The molecule has 0 atom stereocenters. The van der Waals surface area contributed by atoms with Crippen molar-refractivity contribution in [2.45, 2.75) is 26.9 Å². The van der Waals surface area contributed by atoms with Crippen molar-refractivity contribution in [1.29, 1.82) is 0 Å². The Bertz CT molecular complexity index is 894. The van der Waals surface area contributed by atoms with Gasteiger partial charge in [0.15, 0.2) is 0 Å². The fourth-order valence-electron chi connectivity index (χ4n) is 2.73. The van der Waals surface area contributed by atoms with Crippen molar-refractivity contribution in [2.75, 3.05) is 16.8 Å². The van der Waals surface area contributed by atoms with Crippen molar-refractivity contribution in [2.24, 2.45) is 0 Å². The van der Waals surface area contributed by atoms with Crippen molar-refractivity contribution in [3.8, 4) is 5.75 Å². The SMILES string of the molecule is CCN(C(=O)c1cnc(Nc2ccc(OC(C)C)cc2)nc1)c1ccccc1. The minimum atomic E-state index is -0.129. The number of anilines is 3. The number of hydrogen-bond acceptors (Lipinski definition) is 5. The van der Waals surface area contributed by atoms with Crippen LogP contribution in [-0.4, -0.2) is 28.5 Å². The van der Waals surface area contributed by atoms with E-state index in [9.17, 15) is 4.79 Å². The van der Waals surface area contributed by atoms with Gasteiger partial charge >= 0.3 is 0 Å². The number of rotatable bonds is 7. The second-order valence-corrected chi connectivity index (χ2v) is 6.50. The van der Waals surface area contributed by atoms with Crippen LogP contribution in [0, 0.1) is 0 Å². The van der Waals surface area contributed by atoms with Crippen LogP contribution in [0.5, 0.6) is 5.75 Å². The number of aromatic nitrogens is 2. The van der Waals surface area contributed by atoms with Crippen molar-refractivity contribution in [1.82, 2.24) is 9.97 Å². The molecular formula is C22H24N4O2. The molecule has 0 bridgehead atoms. The first-order valence-electron chi connectivity index (χ1n) is 9.29. The van der Waals surface area contributed by atoms with Crippen LogP contribution in [0.3, 0.4) is 0 Å². The Kier molecular flexibility index (Phi) is 6.22. The van der Waals surface area contributed by atoms with E-state index in [1.807, 2.05) is 75.4 Å². The molecule has 6 heteroatoms. The Morgan fingerprint density at radius 3 is 2.25 bits per heavy atom. The van der Waals surface area contributed by atoms with E-state index in [0.717, 1.165) is 17.1 Å². The smallest absolute Gasteiger partial charge is 0.261 e. The molecule has 1 aromatic heterocycles. The molecule has 1 amide bonds. The van der Waals surface area contributed by atoms with E-state index < -0.39 is 0 Å². The lowest BCUT2D eigenvalue weighted by Gasteiger charge is -2.20. The highest BCUT2D eigenvalue weighted by Gasteiger charge is 2.16. The number of nitrogens with one attached hydrogen (secondary N) is 1. The molecular weight excluding hydrogens is 352 g/mol. The van der Waals surface area contributed by atoms with Gasteiger partial charge in [-0.15, -0.1) is 0 Å². The summed E-state index contributed by atoms with van der Waals surface area (Å²) in [4.78, 5) is 23.0. The molecule has 2 aromatic carbocycles. The Labute approximate surface area is 165 Å². The molecule has 0 fully saturated rings. The van der Waals surface area contributed by atoms with E-state index in [0.29, 0.717) is 18.1 Å². The average Bonchev–Trinajstić information content (AvgIpc) is 2.71. The molecule has 0 radical (unpaired) electrons. The predicted molar refractivity (Wildman–Crippen MR) is 111 cm³/mol. The fourth-order valence-corrected chi connectivity index (χ4v) is 2.73. The van der Waals surface area contributed by atoms with E-state index >= 15 is 0 Å². The second-order valence-electron chi connectivity index (χ2n) is 6.50. The molecule has 3 aromatic rings. The van der Waals surface area contributed by atoms with E-state index in [-0.39, 0.29) is 12.0 Å². The van der Waals surface area contributed by atoms with Crippen molar-refractivity contribution in [3.05, 3.63) is 72.6 Å². The quantitative estimate of drug-likeness (QED) is 0.649. The summed E-state index contributed by atoms with van der Waals surface area (Å²) in [5.41, 5.74) is 2.13. The third-order valence-electron chi connectivity index (χ3n) is 4.01. The second kappa shape index (κ2) is 8.99. The van der Waals surface area contributed by atoms with Crippen LogP contribution >= 0.6 is 0 Å². The topological polar surface area (TPSA) is 67.4 Å². The molecule has 28 heavy (non-hydrogen) atoms. The zero-order valence-electron chi connectivity index (χ0n) is 16.3. The minimum Gasteiger partial charge on any atom is -0.491 e. The summed E-state index contributed by atoms with van der Waals surface area (Å²) in [6.45, 7) is 6.47. The number of benzene rings is 2. The first-order chi connectivity index (χ1) is 13.6. The van der Waals surface area contributed by atoms with Crippen molar-refractivity contribution < 1.29 is 9.53 Å². The predicted octanol–water partition coefficient (Wildman–Crippen LogP) is 4.67. The van der Waals surface area contributed by atoms with E-state index in [4.69, 9.17) is 4.74 Å². The average molecular weight is 376 g/mol. The van der Waals surface area contributed by atoms with Crippen molar-refractivity contribution in [3.63, 3.8) is 0 Å². The van der Waals surface area contributed by atoms with Crippen LogP contribution in [0.2, 0.25) is 0 Å². The van der Waals surface area contributed by atoms with Crippen LogP contribution in [-0.2, 0) is 0 Å². The summed E-state index contributed by atoms with van der Waals surface area (Å²) in [7, 11) is 0. The Balaban J connectivity index is 1.68. The van der Waals surface area contributed by atoms with Crippen molar-refractivity contribution >= 4 is 23.2 Å². The molecule has 144 valence electrons. The van der Waals surface area contributed by atoms with Gasteiger partial charge in [0.25, 0.3) is 5.91 Å². The van der Waals surface area contributed by atoms with Gasteiger partial charge in [0.05, 0.1) is 11.7 Å². The lowest BCUT2D eigenvalue weighted by atomic mass is 10.2. The molecule has 0 saturated carbocycles. The Morgan fingerprint density at radius 1 is 1.04 bits per heavy atom. The molecule has 6 nitrogen and oxygen atoms in total. The largest absolute Gasteiger partial charge is 0.491 e. The summed E-state index contributed by atoms with van der Waals surface area (Å²) in [5.74, 6) is 1.11. The number of ether oxygens (including phenoxy) is 1. The molecule has 0 aliphatic carbocycles. The normalized spacial score (nSPS) is 10.6. The highest BCUT2D eigenvalue weighted by molar-refractivity contribution is 6.05. The van der Waals surface area contributed by atoms with Gasteiger partial charge in [-0.3, -0.25) is 4.79 Å². The summed E-state index contributed by atoms with van der Waals surface area (Å²) in [5, 5.41) is 3.12. The lowest BCUT2D eigenvalue weighted by molar-refractivity contribution is 0.0987. The lowest BCUT2D eigenvalue weighted by Crippen LogP contribution is -2.30. The van der Waals surface area contributed by atoms with Gasteiger partial charge in [0.1, 0.15) is 5.75 Å².